The molecule has 0 saturated heterocycles. The zero-order valence-corrected chi connectivity index (χ0v) is 19.7. The Bertz CT molecular complexity index is 1400. The third-order valence-electron chi connectivity index (χ3n) is 6.40. The zero-order valence-electron chi connectivity index (χ0n) is 18.2. The number of aromatic nitrogens is 4. The average molecular weight is 493 g/mol. The van der Waals surface area contributed by atoms with Crippen LogP contribution in [0, 0.1) is 5.92 Å². The fourth-order valence-electron chi connectivity index (χ4n) is 4.37. The van der Waals surface area contributed by atoms with Crippen LogP contribution in [-0.2, 0) is 11.3 Å². The summed E-state index contributed by atoms with van der Waals surface area (Å²) < 4.78 is 1.99. The second-order valence-electron chi connectivity index (χ2n) is 8.99. The average Bonchev–Trinajstić information content (AvgIpc) is 3.74. The van der Waals surface area contributed by atoms with Crippen LogP contribution in [0.15, 0.2) is 55.1 Å². The molecule has 7 nitrogen and oxygen atoms in total. The van der Waals surface area contributed by atoms with E-state index in [1.165, 1.54) is 24.7 Å². The molecule has 0 bridgehead atoms. The molecule has 2 N–H and O–H groups in total. The van der Waals surface area contributed by atoms with Gasteiger partial charge in [0.05, 0.1) is 17.3 Å². The number of nitrogens with zero attached hydrogens (tertiary/aromatic N) is 4. The molecule has 1 amide bonds. The summed E-state index contributed by atoms with van der Waals surface area (Å²) in [6, 6.07) is 11.4. The van der Waals surface area contributed by atoms with E-state index in [1.54, 1.807) is 6.07 Å². The van der Waals surface area contributed by atoms with E-state index in [2.05, 4.69) is 31.8 Å². The van der Waals surface area contributed by atoms with E-state index >= 15 is 0 Å². The Hall–Kier alpha value is -3.16. The first-order valence-corrected chi connectivity index (χ1v) is 12.1. The van der Waals surface area contributed by atoms with E-state index in [0.717, 1.165) is 23.3 Å². The number of carbonyl (C=O) groups excluding carboxylic acids is 1. The van der Waals surface area contributed by atoms with Gasteiger partial charge in [0.1, 0.15) is 18.0 Å². The van der Waals surface area contributed by atoms with Gasteiger partial charge in [-0.1, -0.05) is 35.3 Å². The number of benzene rings is 1. The summed E-state index contributed by atoms with van der Waals surface area (Å²) in [5.74, 6) is 1.77. The molecule has 2 aliphatic rings. The maximum absolute atomic E-state index is 12.7. The molecule has 34 heavy (non-hydrogen) atoms. The first-order valence-electron chi connectivity index (χ1n) is 11.3. The largest absolute Gasteiger partial charge is 0.364 e. The Balaban J connectivity index is 1.09. The predicted molar refractivity (Wildman–Crippen MR) is 132 cm³/mol. The highest BCUT2D eigenvalue weighted by molar-refractivity contribution is 6.33. The van der Waals surface area contributed by atoms with Crippen molar-refractivity contribution in [3.8, 4) is 0 Å². The fraction of sp³-hybridized carbons (Fsp3) is 0.280. The SMILES string of the molecule is O=C(Nc1cc(NCc2cn3cc(C4CC4)cc(Cl)c3n2)ncn1)C1CC1c1cccc(Cl)c1. The molecule has 0 aliphatic heterocycles. The van der Waals surface area contributed by atoms with Crippen LogP contribution in [0.2, 0.25) is 10.0 Å². The van der Waals surface area contributed by atoms with Crippen LogP contribution >= 0.6 is 23.2 Å². The number of carbonyl (C=O) groups is 1. The van der Waals surface area contributed by atoms with Crippen LogP contribution in [0.3, 0.4) is 0 Å². The Morgan fingerprint density at radius 2 is 1.91 bits per heavy atom. The molecule has 2 saturated carbocycles. The lowest BCUT2D eigenvalue weighted by Crippen LogP contribution is -2.16. The highest BCUT2D eigenvalue weighted by Crippen LogP contribution is 2.48. The topological polar surface area (TPSA) is 84.2 Å². The summed E-state index contributed by atoms with van der Waals surface area (Å²) in [6.07, 6.45) is 8.78. The Labute approximate surface area is 206 Å². The minimum Gasteiger partial charge on any atom is -0.364 e. The van der Waals surface area contributed by atoms with Crippen LogP contribution in [0.1, 0.15) is 47.9 Å². The Kier molecular flexibility index (Phi) is 5.38. The Morgan fingerprint density at radius 1 is 1.06 bits per heavy atom. The van der Waals surface area contributed by atoms with Crippen molar-refractivity contribution in [2.45, 2.75) is 37.6 Å². The van der Waals surface area contributed by atoms with Crippen molar-refractivity contribution < 1.29 is 4.79 Å². The number of hydrogen-bond acceptors (Lipinski definition) is 5. The normalized spacial score (nSPS) is 19.2. The van der Waals surface area contributed by atoms with Gasteiger partial charge in [0, 0.05) is 29.4 Å². The maximum Gasteiger partial charge on any atom is 0.229 e. The summed E-state index contributed by atoms with van der Waals surface area (Å²) in [7, 11) is 0. The fourth-order valence-corrected chi connectivity index (χ4v) is 4.83. The van der Waals surface area contributed by atoms with Crippen LogP contribution in [-0.4, -0.2) is 25.3 Å². The lowest BCUT2D eigenvalue weighted by molar-refractivity contribution is -0.117. The first kappa shape index (κ1) is 21.4. The van der Waals surface area contributed by atoms with Gasteiger partial charge in [0.15, 0.2) is 5.65 Å². The standard InChI is InChI=1S/C25H22Cl2N6O/c26-17-3-1-2-15(6-17)19-8-20(19)25(34)32-23-9-22(29-13-30-23)28-10-18-12-33-11-16(14-4-5-14)7-21(27)24(33)31-18/h1-3,6-7,9,11-14,19-20H,4-5,8,10H2,(H2,28,29,30,32,34). The van der Waals surface area contributed by atoms with Gasteiger partial charge in [0.25, 0.3) is 0 Å². The highest BCUT2D eigenvalue weighted by atomic mass is 35.5. The van der Waals surface area contributed by atoms with Gasteiger partial charge in [-0.15, -0.1) is 0 Å². The van der Waals surface area contributed by atoms with Crippen molar-refractivity contribution >= 4 is 46.4 Å². The third-order valence-corrected chi connectivity index (χ3v) is 6.91. The smallest absolute Gasteiger partial charge is 0.229 e. The molecule has 6 rings (SSSR count). The molecule has 1 aromatic carbocycles. The van der Waals surface area contributed by atoms with Crippen LogP contribution in [0.5, 0.6) is 0 Å². The molecular weight excluding hydrogens is 471 g/mol. The number of amides is 1. The molecule has 2 unspecified atom stereocenters. The lowest BCUT2D eigenvalue weighted by Gasteiger charge is -2.07. The van der Waals surface area contributed by atoms with E-state index in [0.29, 0.717) is 34.1 Å². The van der Waals surface area contributed by atoms with E-state index in [-0.39, 0.29) is 17.7 Å². The minimum absolute atomic E-state index is 0.0453. The number of nitrogens with one attached hydrogen (secondary N) is 2. The molecule has 2 atom stereocenters. The molecule has 3 heterocycles. The van der Waals surface area contributed by atoms with Crippen LogP contribution < -0.4 is 10.6 Å². The number of hydrogen-bond donors (Lipinski definition) is 2. The van der Waals surface area contributed by atoms with E-state index in [1.807, 2.05) is 40.9 Å². The molecule has 4 aromatic rings. The molecule has 172 valence electrons. The number of fused-ring (bicyclic) bond motifs is 1. The van der Waals surface area contributed by atoms with Gasteiger partial charge in [-0.2, -0.15) is 0 Å². The summed E-state index contributed by atoms with van der Waals surface area (Å²) in [5.41, 5.74) is 3.95. The highest BCUT2D eigenvalue weighted by Gasteiger charge is 2.44. The minimum atomic E-state index is -0.0758. The third kappa shape index (κ3) is 4.45. The number of rotatable bonds is 7. The Morgan fingerprint density at radius 3 is 2.74 bits per heavy atom. The van der Waals surface area contributed by atoms with Crippen molar-refractivity contribution in [2.24, 2.45) is 5.92 Å². The van der Waals surface area contributed by atoms with Crippen molar-refractivity contribution in [1.29, 1.82) is 0 Å². The van der Waals surface area contributed by atoms with Crippen molar-refractivity contribution in [3.63, 3.8) is 0 Å². The van der Waals surface area contributed by atoms with Crippen molar-refractivity contribution in [2.75, 3.05) is 10.6 Å². The first-order chi connectivity index (χ1) is 16.5. The van der Waals surface area contributed by atoms with Crippen LogP contribution in [0.25, 0.3) is 5.65 Å². The van der Waals surface area contributed by atoms with Crippen molar-refractivity contribution in [3.05, 3.63) is 82.0 Å². The second kappa shape index (κ2) is 8.56. The van der Waals surface area contributed by atoms with Gasteiger partial charge in [0.2, 0.25) is 5.91 Å². The summed E-state index contributed by atoms with van der Waals surface area (Å²) in [4.78, 5) is 25.8. The molecule has 0 spiro atoms. The molecule has 2 fully saturated rings. The van der Waals surface area contributed by atoms with Gasteiger partial charge in [-0.05, 0) is 60.4 Å². The van der Waals surface area contributed by atoms with E-state index in [4.69, 9.17) is 23.2 Å². The van der Waals surface area contributed by atoms with Crippen LogP contribution in [0.4, 0.5) is 11.6 Å². The van der Waals surface area contributed by atoms with Gasteiger partial charge in [-0.3, -0.25) is 4.79 Å². The number of anilines is 2. The monoisotopic (exact) mass is 492 g/mol. The number of halogens is 2. The summed E-state index contributed by atoms with van der Waals surface area (Å²) in [5, 5.41) is 7.51. The van der Waals surface area contributed by atoms with E-state index < -0.39 is 0 Å². The quantitative estimate of drug-likeness (QED) is 0.347. The number of pyridine rings is 1. The lowest BCUT2D eigenvalue weighted by atomic mass is 10.1. The van der Waals surface area contributed by atoms with Gasteiger partial charge >= 0.3 is 0 Å². The number of imidazole rings is 1. The molecular formula is C25H22Cl2N6O. The molecule has 9 heteroatoms. The van der Waals surface area contributed by atoms with Crippen molar-refractivity contribution in [1.82, 2.24) is 19.4 Å². The zero-order chi connectivity index (χ0) is 23.2. The summed E-state index contributed by atoms with van der Waals surface area (Å²) in [6.45, 7) is 0.473. The summed E-state index contributed by atoms with van der Waals surface area (Å²) >= 11 is 12.5. The molecule has 2 aliphatic carbocycles. The maximum atomic E-state index is 12.7. The van der Waals surface area contributed by atoms with E-state index in [9.17, 15) is 4.79 Å². The molecule has 0 radical (unpaired) electrons. The van der Waals surface area contributed by atoms with Gasteiger partial charge < -0.3 is 15.0 Å². The van der Waals surface area contributed by atoms with Gasteiger partial charge in [-0.25, -0.2) is 15.0 Å². The predicted octanol–water partition coefficient (Wildman–Crippen LogP) is 5.66. The molecule has 3 aromatic heterocycles. The second-order valence-corrected chi connectivity index (χ2v) is 9.84.